The van der Waals surface area contributed by atoms with Crippen molar-refractivity contribution in [3.63, 3.8) is 0 Å². The first-order valence-corrected chi connectivity index (χ1v) is 10.8. The van der Waals surface area contributed by atoms with E-state index in [0.717, 1.165) is 4.68 Å². The molecule has 0 saturated carbocycles. The summed E-state index contributed by atoms with van der Waals surface area (Å²) in [4.78, 5) is 16.6. The van der Waals surface area contributed by atoms with Gasteiger partial charge in [-0.3, -0.25) is 4.98 Å². The number of nitrogens with zero attached hydrogens (tertiary/aromatic N) is 3. The summed E-state index contributed by atoms with van der Waals surface area (Å²) in [5.41, 5.74) is 2.00. The second-order valence-electron chi connectivity index (χ2n) is 6.49. The van der Waals surface area contributed by atoms with Gasteiger partial charge in [-0.15, -0.1) is 0 Å². The monoisotopic (exact) mass is 454 g/mol. The largest absolute Gasteiger partial charge is 0.508 e. The molecule has 0 saturated heterocycles. The second kappa shape index (κ2) is 8.21. The van der Waals surface area contributed by atoms with E-state index in [9.17, 15) is 18.3 Å². The third-order valence-electron chi connectivity index (χ3n) is 4.34. The van der Waals surface area contributed by atoms with Crippen LogP contribution in [0.4, 0.5) is 4.79 Å². The quantitative estimate of drug-likeness (QED) is 0.483. The van der Waals surface area contributed by atoms with Crippen molar-refractivity contribution in [2.75, 3.05) is 0 Å². The molecule has 0 atom stereocenters. The average molecular weight is 455 g/mol. The Hall–Kier alpha value is -3.69. The summed E-state index contributed by atoms with van der Waals surface area (Å²) >= 11 is 6.06. The molecule has 10 heteroatoms. The van der Waals surface area contributed by atoms with Crippen LogP contribution >= 0.6 is 11.6 Å². The molecule has 156 valence electrons. The number of sulfonamides is 1. The molecule has 0 aliphatic heterocycles. The highest BCUT2D eigenvalue weighted by Gasteiger charge is 2.22. The Balaban J connectivity index is 1.77. The van der Waals surface area contributed by atoms with Crippen molar-refractivity contribution >= 4 is 27.7 Å². The van der Waals surface area contributed by atoms with E-state index >= 15 is 0 Å². The van der Waals surface area contributed by atoms with Gasteiger partial charge in [-0.05, 0) is 48.0 Å². The van der Waals surface area contributed by atoms with E-state index in [1.807, 2.05) is 4.72 Å². The van der Waals surface area contributed by atoms with Crippen LogP contribution < -0.4 is 4.72 Å². The molecule has 2 aromatic heterocycles. The summed E-state index contributed by atoms with van der Waals surface area (Å²) in [7, 11) is -4.09. The van der Waals surface area contributed by atoms with Gasteiger partial charge in [0.1, 0.15) is 11.4 Å². The molecule has 0 bridgehead atoms. The van der Waals surface area contributed by atoms with Gasteiger partial charge in [0.05, 0.1) is 4.90 Å². The van der Waals surface area contributed by atoms with Crippen molar-refractivity contribution in [1.82, 2.24) is 19.5 Å². The first-order valence-electron chi connectivity index (χ1n) is 8.96. The third-order valence-corrected chi connectivity index (χ3v) is 5.90. The lowest BCUT2D eigenvalue weighted by molar-refractivity contribution is 0.244. The number of rotatable bonds is 4. The van der Waals surface area contributed by atoms with Crippen molar-refractivity contribution in [2.24, 2.45) is 0 Å². The summed E-state index contributed by atoms with van der Waals surface area (Å²) in [6, 6.07) is 14.4. The Kier molecular flexibility index (Phi) is 5.45. The number of halogens is 1. The van der Waals surface area contributed by atoms with Gasteiger partial charge >= 0.3 is 6.03 Å². The zero-order valence-electron chi connectivity index (χ0n) is 15.8. The number of amides is 1. The van der Waals surface area contributed by atoms with Gasteiger partial charge < -0.3 is 5.11 Å². The number of benzene rings is 2. The van der Waals surface area contributed by atoms with Crippen LogP contribution in [0.3, 0.4) is 0 Å². The van der Waals surface area contributed by atoms with E-state index in [1.54, 1.807) is 48.8 Å². The molecule has 4 rings (SSSR count). The third kappa shape index (κ3) is 4.42. The molecular formula is C21H15ClN4O4S. The van der Waals surface area contributed by atoms with Crippen LogP contribution in [0.5, 0.6) is 5.75 Å². The maximum absolute atomic E-state index is 12.7. The molecule has 31 heavy (non-hydrogen) atoms. The number of hydrogen-bond acceptors (Lipinski definition) is 6. The van der Waals surface area contributed by atoms with Gasteiger partial charge in [0.2, 0.25) is 0 Å². The first kappa shape index (κ1) is 20.6. The minimum atomic E-state index is -4.09. The van der Waals surface area contributed by atoms with Gasteiger partial charge in [-0.2, -0.15) is 9.78 Å². The standard InChI is InChI=1S/C21H15ClN4O4S/c22-16-10-15(11-17(27)12-16)20-19(14-6-8-23-9-7-14)13-26(24-20)21(28)25-31(29,30)18-4-2-1-3-5-18/h1-13,27H,(H,25,28). The summed E-state index contributed by atoms with van der Waals surface area (Å²) in [6.07, 6.45) is 4.55. The maximum Gasteiger partial charge on any atom is 0.355 e. The molecule has 0 fully saturated rings. The van der Waals surface area contributed by atoms with Crippen molar-refractivity contribution in [2.45, 2.75) is 4.90 Å². The van der Waals surface area contributed by atoms with E-state index < -0.39 is 16.1 Å². The fourth-order valence-corrected chi connectivity index (χ4v) is 4.15. The van der Waals surface area contributed by atoms with Gasteiger partial charge in [0.15, 0.2) is 0 Å². The van der Waals surface area contributed by atoms with Crippen molar-refractivity contribution in [3.8, 4) is 28.1 Å². The summed E-state index contributed by atoms with van der Waals surface area (Å²) < 4.78 is 27.9. The van der Waals surface area contributed by atoms with Crippen molar-refractivity contribution < 1.29 is 18.3 Å². The number of nitrogens with one attached hydrogen (secondary N) is 1. The summed E-state index contributed by atoms with van der Waals surface area (Å²) in [5, 5.41) is 14.5. The Morgan fingerprint density at radius 3 is 2.39 bits per heavy atom. The Labute approximate surface area is 182 Å². The van der Waals surface area contributed by atoms with Gasteiger partial charge in [0, 0.05) is 34.7 Å². The Morgan fingerprint density at radius 1 is 1.00 bits per heavy atom. The van der Waals surface area contributed by atoms with Crippen molar-refractivity contribution in [1.29, 1.82) is 0 Å². The number of aromatic nitrogens is 3. The summed E-state index contributed by atoms with van der Waals surface area (Å²) in [5.74, 6) is -0.0752. The number of carbonyl (C=O) groups excluding carboxylic acids is 1. The van der Waals surface area contributed by atoms with Crippen LogP contribution in [0.2, 0.25) is 5.02 Å². The van der Waals surface area contributed by atoms with E-state index in [-0.39, 0.29) is 15.7 Å². The highest BCUT2D eigenvalue weighted by atomic mass is 35.5. The Bertz CT molecular complexity index is 1340. The number of pyridine rings is 1. The molecule has 0 radical (unpaired) electrons. The van der Waals surface area contributed by atoms with Gasteiger partial charge in [-0.1, -0.05) is 29.8 Å². The number of phenolic OH excluding ortho intramolecular Hbond substituents is 1. The normalized spacial score (nSPS) is 11.3. The highest BCUT2D eigenvalue weighted by molar-refractivity contribution is 7.90. The maximum atomic E-state index is 12.7. The molecule has 0 unspecified atom stereocenters. The van der Waals surface area contributed by atoms with E-state index in [0.29, 0.717) is 22.4 Å². The van der Waals surface area contributed by atoms with Crippen LogP contribution in [-0.4, -0.2) is 34.3 Å². The fraction of sp³-hybridized carbons (Fsp3) is 0. The molecule has 8 nitrogen and oxygen atoms in total. The average Bonchev–Trinajstić information content (AvgIpc) is 3.20. The lowest BCUT2D eigenvalue weighted by Gasteiger charge is -2.06. The minimum absolute atomic E-state index is 0.0511. The summed E-state index contributed by atoms with van der Waals surface area (Å²) in [6.45, 7) is 0. The van der Waals surface area contributed by atoms with Crippen LogP contribution in [0.1, 0.15) is 0 Å². The molecule has 0 aliphatic carbocycles. The molecule has 0 spiro atoms. The SMILES string of the molecule is O=C(NS(=O)(=O)c1ccccc1)n1cc(-c2ccncc2)c(-c2cc(O)cc(Cl)c2)n1. The molecular weight excluding hydrogens is 440 g/mol. The predicted molar refractivity (Wildman–Crippen MR) is 115 cm³/mol. The number of hydrogen-bond donors (Lipinski definition) is 2. The molecule has 2 aromatic carbocycles. The van der Waals surface area contributed by atoms with Crippen molar-refractivity contribution in [3.05, 3.63) is 84.3 Å². The molecule has 4 aromatic rings. The first-order chi connectivity index (χ1) is 14.8. The van der Waals surface area contributed by atoms with E-state index in [1.165, 1.54) is 30.5 Å². The van der Waals surface area contributed by atoms with Gasteiger partial charge in [-0.25, -0.2) is 17.9 Å². The van der Waals surface area contributed by atoms with E-state index in [4.69, 9.17) is 11.6 Å². The number of phenols is 1. The predicted octanol–water partition coefficient (Wildman–Crippen LogP) is 3.92. The molecule has 2 N–H and O–H groups in total. The lowest BCUT2D eigenvalue weighted by Crippen LogP contribution is -2.34. The van der Waals surface area contributed by atoms with Crippen LogP contribution in [0.15, 0.2) is 84.1 Å². The number of carbonyl (C=O) groups is 1. The van der Waals surface area contributed by atoms with E-state index in [2.05, 4.69) is 10.1 Å². The number of aromatic hydroxyl groups is 1. The second-order valence-corrected chi connectivity index (χ2v) is 8.61. The fourth-order valence-electron chi connectivity index (χ4n) is 2.97. The molecule has 0 aliphatic rings. The van der Waals surface area contributed by atoms with Crippen LogP contribution in [0.25, 0.3) is 22.4 Å². The van der Waals surface area contributed by atoms with Crippen LogP contribution in [0, 0.1) is 0 Å². The lowest BCUT2D eigenvalue weighted by atomic mass is 10.0. The van der Waals surface area contributed by atoms with Gasteiger partial charge in [0.25, 0.3) is 10.0 Å². The molecule has 2 heterocycles. The van der Waals surface area contributed by atoms with Crippen LogP contribution in [-0.2, 0) is 10.0 Å². The zero-order chi connectivity index (χ0) is 22.0. The molecule has 1 amide bonds. The Morgan fingerprint density at radius 2 is 1.71 bits per heavy atom. The zero-order valence-corrected chi connectivity index (χ0v) is 17.4. The smallest absolute Gasteiger partial charge is 0.355 e. The highest BCUT2D eigenvalue weighted by Crippen LogP contribution is 2.34. The topological polar surface area (TPSA) is 114 Å². The minimum Gasteiger partial charge on any atom is -0.508 e.